The van der Waals surface area contributed by atoms with Crippen LogP contribution in [-0.4, -0.2) is 95.9 Å². The van der Waals surface area contributed by atoms with E-state index in [0.717, 1.165) is 13.8 Å². The molecule has 1 saturated heterocycles. The van der Waals surface area contributed by atoms with Crippen molar-refractivity contribution in [2.24, 2.45) is 29.1 Å². The second-order valence-electron chi connectivity index (χ2n) is 17.4. The van der Waals surface area contributed by atoms with Gasteiger partial charge in [-0.25, -0.2) is 22.8 Å². The summed E-state index contributed by atoms with van der Waals surface area (Å²) in [7, 11) is -2.90. The summed E-state index contributed by atoms with van der Waals surface area (Å²) in [6, 6.07) is 3.85. The average Bonchev–Trinajstić information content (AvgIpc) is 4.06. The number of allylic oxidation sites excluding steroid dienone is 2. The molecule has 0 radical (unpaired) electrons. The van der Waals surface area contributed by atoms with Crippen molar-refractivity contribution >= 4 is 44.6 Å². The van der Waals surface area contributed by atoms with E-state index in [9.17, 15) is 45.2 Å². The zero-order valence-electron chi connectivity index (χ0n) is 34.1. The minimum atomic E-state index is -4.89. The van der Waals surface area contributed by atoms with Gasteiger partial charge in [-0.3, -0.25) is 23.9 Å². The molecule has 4 aliphatic rings. The number of fused-ring (bicyclic) bond motifs is 3. The number of carbonyl (C=O) groups is 4. The lowest BCUT2D eigenvalue weighted by atomic mass is 9.82. The Morgan fingerprint density at radius 2 is 1.78 bits per heavy atom. The van der Waals surface area contributed by atoms with Crippen molar-refractivity contribution in [3.63, 3.8) is 0 Å². The number of aryl methyl sites for hydroxylation is 1. The number of methoxy groups -OCH3 is 1. The maximum absolute atomic E-state index is 14.8. The van der Waals surface area contributed by atoms with E-state index in [0.29, 0.717) is 41.7 Å². The van der Waals surface area contributed by atoms with Gasteiger partial charge in [0.2, 0.25) is 33.3 Å². The third-order valence-corrected chi connectivity index (χ3v) is 14.6. The second-order valence-corrected chi connectivity index (χ2v) is 19.5. The van der Waals surface area contributed by atoms with Crippen LogP contribution in [0.2, 0.25) is 0 Å². The third-order valence-electron chi connectivity index (χ3n) is 12.5. The van der Waals surface area contributed by atoms with Crippen molar-refractivity contribution in [1.29, 1.82) is 0 Å². The molecule has 3 heterocycles. The van der Waals surface area contributed by atoms with Gasteiger partial charge in [-0.05, 0) is 89.2 Å². The van der Waals surface area contributed by atoms with Gasteiger partial charge in [0.1, 0.15) is 29.0 Å². The van der Waals surface area contributed by atoms with E-state index >= 15 is 0 Å². The van der Waals surface area contributed by atoms with Crippen LogP contribution in [0.25, 0.3) is 11.0 Å². The van der Waals surface area contributed by atoms with Gasteiger partial charge in [0.05, 0.1) is 48.5 Å². The van der Waals surface area contributed by atoms with Gasteiger partial charge in [-0.15, -0.1) is 0 Å². The number of aromatic nitrogens is 2. The standard InChI is InChI=1S/C41H52F4N4O9S/c1-23-9-7-8-10-26-19-40(26,37(53)48-59(54,55)39(22-42)13-14-39)20-33(50)32-17-28(57-35-25(3)46-31-16-27(56-6)11-12-30(31)47-35)21-49(32)36(52)29(24(2)15-23)18-34(51)58-38(4,5)41(43,44)45/h8,10-12,16,23-24,26,28-29,32H,7,9,13-15,17-22H2,1-6H3,(H,48,53)/b10-8-/t23-,24-,26-,28-,29+,32+,40-/m1/s1. The summed E-state index contributed by atoms with van der Waals surface area (Å²) in [5.74, 6) is -5.02. The van der Waals surface area contributed by atoms with Crippen LogP contribution < -0.4 is 14.2 Å². The zero-order chi connectivity index (χ0) is 43.3. The predicted octanol–water partition coefficient (Wildman–Crippen LogP) is 6.11. The van der Waals surface area contributed by atoms with E-state index in [2.05, 4.69) is 14.7 Å². The number of Topliss-reactive ketones (excluding diaryl/α,β-unsaturated/α-hetero) is 1. The Morgan fingerprint density at radius 1 is 1.07 bits per heavy atom. The first-order chi connectivity index (χ1) is 27.5. The normalized spacial score (nSPS) is 29.4. The fraction of sp³-hybridized carbons (Fsp3) is 0.659. The van der Waals surface area contributed by atoms with Crippen LogP contribution in [0, 0.1) is 36.0 Å². The summed E-state index contributed by atoms with van der Waals surface area (Å²) < 4.78 is 98.5. The van der Waals surface area contributed by atoms with Crippen LogP contribution >= 0.6 is 0 Å². The highest BCUT2D eigenvalue weighted by Gasteiger charge is 2.63. The summed E-state index contributed by atoms with van der Waals surface area (Å²) in [5.41, 5.74) is -2.94. The van der Waals surface area contributed by atoms with Crippen molar-refractivity contribution in [3.05, 3.63) is 36.0 Å². The number of nitrogens with zero attached hydrogens (tertiary/aromatic N) is 3. The number of ether oxygens (including phenoxy) is 3. The van der Waals surface area contributed by atoms with Gasteiger partial charge < -0.3 is 19.1 Å². The summed E-state index contributed by atoms with van der Waals surface area (Å²) >= 11 is 0. The van der Waals surface area contributed by atoms with Gasteiger partial charge >= 0.3 is 12.1 Å². The molecular weight excluding hydrogens is 801 g/mol. The zero-order valence-corrected chi connectivity index (χ0v) is 34.9. The first kappa shape index (κ1) is 44.2. The Morgan fingerprint density at radius 3 is 2.42 bits per heavy atom. The summed E-state index contributed by atoms with van der Waals surface area (Å²) in [6.07, 6.45) is -1.55. The van der Waals surface area contributed by atoms with Crippen LogP contribution in [-0.2, 0) is 33.9 Å². The Balaban J connectivity index is 1.35. The largest absolute Gasteiger partial charge is 0.497 e. The van der Waals surface area contributed by atoms with E-state index in [4.69, 9.17) is 14.2 Å². The molecule has 2 aliphatic heterocycles. The number of sulfonamides is 1. The number of halogens is 4. The number of benzene rings is 1. The summed E-state index contributed by atoms with van der Waals surface area (Å²) in [4.78, 5) is 67.1. The van der Waals surface area contributed by atoms with Crippen molar-refractivity contribution in [3.8, 4) is 11.6 Å². The molecule has 0 spiro atoms. The molecule has 2 saturated carbocycles. The molecule has 1 aromatic heterocycles. The molecular formula is C41H52F4N4O9S. The topological polar surface area (TPSA) is 171 Å². The predicted molar refractivity (Wildman–Crippen MR) is 206 cm³/mol. The fourth-order valence-electron chi connectivity index (χ4n) is 8.31. The minimum absolute atomic E-state index is 0.0212. The number of nitrogens with one attached hydrogen (secondary N) is 1. The lowest BCUT2D eigenvalue weighted by Crippen LogP contribution is -2.49. The molecule has 3 fully saturated rings. The molecule has 18 heteroatoms. The lowest BCUT2D eigenvalue weighted by Gasteiger charge is -2.33. The quantitative estimate of drug-likeness (QED) is 0.166. The van der Waals surface area contributed by atoms with E-state index < -0.39 is 105 Å². The van der Waals surface area contributed by atoms with Crippen molar-refractivity contribution in [1.82, 2.24) is 19.6 Å². The van der Waals surface area contributed by atoms with E-state index in [-0.39, 0.29) is 44.0 Å². The highest BCUT2D eigenvalue weighted by atomic mass is 32.2. The maximum atomic E-state index is 14.8. The van der Waals surface area contributed by atoms with Gasteiger partial charge in [0, 0.05) is 18.9 Å². The van der Waals surface area contributed by atoms with Gasteiger partial charge in [0.15, 0.2) is 5.78 Å². The smallest absolute Gasteiger partial charge is 0.427 e. The van der Waals surface area contributed by atoms with Crippen LogP contribution in [0.15, 0.2) is 30.4 Å². The van der Waals surface area contributed by atoms with E-state index in [1.165, 1.54) is 12.0 Å². The third kappa shape index (κ3) is 9.07. The first-order valence-electron chi connectivity index (χ1n) is 20.0. The molecule has 2 amide bonds. The molecule has 2 aromatic rings. The number of alkyl halides is 4. The van der Waals surface area contributed by atoms with Gasteiger partial charge in [0.25, 0.3) is 0 Å². The number of rotatable bonds is 10. The molecule has 7 atom stereocenters. The van der Waals surface area contributed by atoms with Crippen LogP contribution in [0.3, 0.4) is 0 Å². The molecule has 2 aliphatic carbocycles. The molecule has 13 nitrogen and oxygen atoms in total. The van der Waals surface area contributed by atoms with Crippen molar-refractivity contribution in [2.45, 2.75) is 121 Å². The fourth-order valence-corrected chi connectivity index (χ4v) is 9.75. The highest BCUT2D eigenvalue weighted by molar-refractivity contribution is 7.91. The molecule has 6 rings (SSSR count). The average molecular weight is 853 g/mol. The number of amides is 2. The van der Waals surface area contributed by atoms with E-state index in [1.807, 2.05) is 13.0 Å². The number of hydrogen-bond donors (Lipinski definition) is 1. The Labute approximate surface area is 341 Å². The first-order valence-corrected chi connectivity index (χ1v) is 21.4. The Kier molecular flexibility index (Phi) is 12.2. The van der Waals surface area contributed by atoms with Crippen LogP contribution in [0.1, 0.15) is 91.2 Å². The Hall–Kier alpha value is -4.35. The van der Waals surface area contributed by atoms with Crippen LogP contribution in [0.5, 0.6) is 11.6 Å². The second kappa shape index (κ2) is 16.3. The number of esters is 1. The van der Waals surface area contributed by atoms with E-state index in [1.54, 1.807) is 38.1 Å². The molecule has 0 bridgehead atoms. The van der Waals surface area contributed by atoms with Crippen molar-refractivity contribution in [2.75, 3.05) is 20.3 Å². The van der Waals surface area contributed by atoms with Gasteiger partial charge in [-0.2, -0.15) is 13.2 Å². The Bertz CT molecular complexity index is 2130. The molecule has 1 aromatic carbocycles. The molecule has 1 N–H and O–H groups in total. The molecule has 59 heavy (non-hydrogen) atoms. The summed E-state index contributed by atoms with van der Waals surface area (Å²) in [6.45, 7) is 5.44. The maximum Gasteiger partial charge on any atom is 0.427 e. The summed E-state index contributed by atoms with van der Waals surface area (Å²) in [5, 5.41) is 0. The SMILES string of the molecule is COc1ccc2nc(O[C@@H]3C[C@H]4C(=O)C[C@]5(C(=O)NS(=O)(=O)C6(CF)CC6)C[C@H]5/C=C\CC[C@@H](C)C[C@@H](C)[C@H](CC(=O)OC(C)(C)C(F)(F)F)C(=O)N4C3)c(C)nc2c1. The lowest BCUT2D eigenvalue weighted by molar-refractivity contribution is -0.257. The van der Waals surface area contributed by atoms with Gasteiger partial charge in [-0.1, -0.05) is 26.0 Å². The van der Waals surface area contributed by atoms with Crippen LogP contribution in [0.4, 0.5) is 17.6 Å². The molecule has 0 unspecified atom stereocenters. The number of ketones is 1. The monoisotopic (exact) mass is 852 g/mol. The highest BCUT2D eigenvalue weighted by Crippen LogP contribution is 2.58. The number of carbonyl (C=O) groups excluding carboxylic acids is 4. The van der Waals surface area contributed by atoms with Crippen molar-refractivity contribution < 1.29 is 59.4 Å². The number of hydrogen-bond acceptors (Lipinski definition) is 11. The minimum Gasteiger partial charge on any atom is -0.497 e. The molecule has 324 valence electrons.